The second-order valence-electron chi connectivity index (χ2n) is 4.66. The number of hydrogen-bond donors (Lipinski definition) is 2. The van der Waals surface area contributed by atoms with Crippen LogP contribution in [0.15, 0.2) is 12.1 Å². The maximum Gasteiger partial charge on any atom is 0.389 e. The van der Waals surface area contributed by atoms with Gasteiger partial charge in [0.1, 0.15) is 0 Å². The van der Waals surface area contributed by atoms with Crippen LogP contribution in [-0.2, 0) is 10.0 Å². The smallest absolute Gasteiger partial charge is 0.389 e. The minimum absolute atomic E-state index is 0.292. The maximum absolute atomic E-state index is 12.0. The number of sulfonamides is 1. The lowest BCUT2D eigenvalue weighted by Crippen LogP contribution is -2.19. The van der Waals surface area contributed by atoms with Crippen molar-refractivity contribution in [3.8, 4) is 0 Å². The number of nitrogens with two attached hydrogens (primary N) is 1. The highest BCUT2D eigenvalue weighted by Crippen LogP contribution is 2.24. The molecule has 3 N–H and O–H groups in total. The summed E-state index contributed by atoms with van der Waals surface area (Å²) in [4.78, 5) is 0. The van der Waals surface area contributed by atoms with Crippen molar-refractivity contribution in [1.29, 1.82) is 0 Å². The van der Waals surface area contributed by atoms with E-state index in [1.165, 1.54) is 6.07 Å². The zero-order valence-corrected chi connectivity index (χ0v) is 12.0. The summed E-state index contributed by atoms with van der Waals surface area (Å²) >= 11 is 0. The first-order valence-electron chi connectivity index (χ1n) is 5.94. The average Bonchev–Trinajstić information content (AvgIpc) is 2.23. The highest BCUT2D eigenvalue weighted by Gasteiger charge is 2.27. The number of hydrogen-bond acceptors (Lipinski definition) is 3. The Kier molecular flexibility index (Phi) is 4.90. The van der Waals surface area contributed by atoms with Gasteiger partial charge in [-0.1, -0.05) is 6.07 Å². The molecule has 0 aromatic heterocycles. The van der Waals surface area contributed by atoms with Gasteiger partial charge in [-0.15, -0.1) is 0 Å². The van der Waals surface area contributed by atoms with E-state index >= 15 is 0 Å². The van der Waals surface area contributed by atoms with Crippen LogP contribution in [0.5, 0.6) is 0 Å². The number of rotatable bonds is 5. The SMILES string of the molecule is Cc1cc(C)c(NS(=O)(=O)CCCC(F)(F)F)cc1N. The van der Waals surface area contributed by atoms with Crippen molar-refractivity contribution < 1.29 is 21.6 Å². The average molecular weight is 310 g/mol. The van der Waals surface area contributed by atoms with Gasteiger partial charge < -0.3 is 5.73 Å². The van der Waals surface area contributed by atoms with Crippen molar-refractivity contribution in [3.63, 3.8) is 0 Å². The number of nitrogen functional groups attached to an aromatic ring is 1. The third kappa shape index (κ3) is 5.28. The third-order valence-corrected chi connectivity index (χ3v) is 4.11. The lowest BCUT2D eigenvalue weighted by atomic mass is 10.1. The minimum Gasteiger partial charge on any atom is -0.398 e. The number of benzene rings is 1. The van der Waals surface area contributed by atoms with E-state index in [2.05, 4.69) is 4.72 Å². The largest absolute Gasteiger partial charge is 0.398 e. The highest BCUT2D eigenvalue weighted by atomic mass is 32.2. The van der Waals surface area contributed by atoms with Crippen molar-refractivity contribution in [1.82, 2.24) is 0 Å². The summed E-state index contributed by atoms with van der Waals surface area (Å²) in [5.74, 6) is -0.584. The van der Waals surface area contributed by atoms with Crippen molar-refractivity contribution >= 4 is 21.4 Å². The molecule has 0 heterocycles. The topological polar surface area (TPSA) is 72.2 Å². The highest BCUT2D eigenvalue weighted by molar-refractivity contribution is 7.92. The lowest BCUT2D eigenvalue weighted by Gasteiger charge is -2.13. The molecule has 0 fully saturated rings. The lowest BCUT2D eigenvalue weighted by molar-refractivity contribution is -0.134. The molecule has 0 spiro atoms. The van der Waals surface area contributed by atoms with E-state index in [4.69, 9.17) is 5.73 Å². The molecule has 0 aliphatic heterocycles. The van der Waals surface area contributed by atoms with Gasteiger partial charge in [0.2, 0.25) is 10.0 Å². The number of alkyl halides is 3. The van der Waals surface area contributed by atoms with Crippen LogP contribution in [0.25, 0.3) is 0 Å². The molecule has 20 heavy (non-hydrogen) atoms. The van der Waals surface area contributed by atoms with E-state index in [0.29, 0.717) is 16.9 Å². The van der Waals surface area contributed by atoms with Gasteiger partial charge in [-0.3, -0.25) is 4.72 Å². The molecule has 0 aliphatic rings. The van der Waals surface area contributed by atoms with E-state index in [-0.39, 0.29) is 0 Å². The number of anilines is 2. The first-order chi connectivity index (χ1) is 9.00. The monoisotopic (exact) mass is 310 g/mol. The van der Waals surface area contributed by atoms with Crippen LogP contribution >= 0.6 is 0 Å². The van der Waals surface area contributed by atoms with Crippen LogP contribution < -0.4 is 10.5 Å². The van der Waals surface area contributed by atoms with Gasteiger partial charge in [0.25, 0.3) is 0 Å². The molecule has 0 atom stereocenters. The molecule has 114 valence electrons. The molecule has 4 nitrogen and oxygen atoms in total. The molecule has 0 bridgehead atoms. The van der Waals surface area contributed by atoms with Crippen LogP contribution in [-0.4, -0.2) is 20.3 Å². The Labute approximate surface area is 116 Å². The summed E-state index contributed by atoms with van der Waals surface area (Å²) in [6, 6.07) is 3.18. The van der Waals surface area contributed by atoms with Gasteiger partial charge in [-0.2, -0.15) is 13.2 Å². The fourth-order valence-corrected chi connectivity index (χ4v) is 2.84. The summed E-state index contributed by atoms with van der Waals surface area (Å²) in [6.45, 7) is 3.48. The summed E-state index contributed by atoms with van der Waals surface area (Å²) in [6.07, 6.45) is -5.94. The Bertz CT molecular complexity index is 583. The van der Waals surface area contributed by atoms with Gasteiger partial charge in [0, 0.05) is 12.1 Å². The molecular weight excluding hydrogens is 293 g/mol. The van der Waals surface area contributed by atoms with Crippen LogP contribution in [0, 0.1) is 13.8 Å². The molecule has 0 saturated heterocycles. The minimum atomic E-state index is -4.35. The number of halogens is 3. The molecule has 1 aromatic rings. The predicted octanol–water partition coefficient (Wildman–Crippen LogP) is 2.97. The maximum atomic E-state index is 12.0. The van der Waals surface area contributed by atoms with Crippen LogP contribution in [0.2, 0.25) is 0 Å². The predicted molar refractivity (Wildman–Crippen MR) is 73.0 cm³/mol. The van der Waals surface area contributed by atoms with Crippen LogP contribution in [0.3, 0.4) is 0 Å². The van der Waals surface area contributed by atoms with E-state index in [1.54, 1.807) is 19.9 Å². The Morgan fingerprint density at radius 1 is 1.20 bits per heavy atom. The molecular formula is C12H17F3N2O2S. The molecule has 0 radical (unpaired) electrons. The molecule has 0 amide bonds. The van der Waals surface area contributed by atoms with Crippen molar-refractivity contribution in [2.24, 2.45) is 0 Å². The fourth-order valence-electron chi connectivity index (χ4n) is 1.66. The Balaban J connectivity index is 2.74. The summed E-state index contributed by atoms with van der Waals surface area (Å²) < 4.78 is 61.7. The quantitative estimate of drug-likeness (QED) is 0.821. The molecule has 8 heteroatoms. The molecule has 0 unspecified atom stereocenters. The Hall–Kier alpha value is -1.44. The van der Waals surface area contributed by atoms with Crippen molar-refractivity contribution in [2.45, 2.75) is 32.9 Å². The third-order valence-electron chi connectivity index (χ3n) is 2.75. The van der Waals surface area contributed by atoms with E-state index in [9.17, 15) is 21.6 Å². The van der Waals surface area contributed by atoms with Crippen molar-refractivity contribution in [3.05, 3.63) is 23.3 Å². The summed E-state index contributed by atoms with van der Waals surface area (Å²) in [5.41, 5.74) is 7.86. The van der Waals surface area contributed by atoms with Gasteiger partial charge in [-0.25, -0.2) is 8.42 Å². The zero-order chi connectivity index (χ0) is 15.6. The second kappa shape index (κ2) is 5.90. The Morgan fingerprint density at radius 3 is 2.35 bits per heavy atom. The standard InChI is InChI=1S/C12H17F3N2O2S/c1-8-6-9(2)11(7-10(8)16)17-20(18,19)5-3-4-12(13,14)15/h6-7,17H,3-5,16H2,1-2H3. The Morgan fingerprint density at radius 2 is 1.80 bits per heavy atom. The number of nitrogens with one attached hydrogen (secondary N) is 1. The molecule has 0 saturated carbocycles. The normalized spacial score (nSPS) is 12.4. The van der Waals surface area contributed by atoms with Crippen LogP contribution in [0.1, 0.15) is 24.0 Å². The van der Waals surface area contributed by atoms with E-state index in [1.807, 2.05) is 0 Å². The summed E-state index contributed by atoms with van der Waals surface area (Å²) in [7, 11) is -3.81. The zero-order valence-electron chi connectivity index (χ0n) is 11.2. The van der Waals surface area contributed by atoms with Gasteiger partial charge in [-0.05, 0) is 37.5 Å². The van der Waals surface area contributed by atoms with Gasteiger partial charge in [0.15, 0.2) is 0 Å². The molecule has 1 rings (SSSR count). The van der Waals surface area contributed by atoms with E-state index in [0.717, 1.165) is 5.56 Å². The van der Waals surface area contributed by atoms with Crippen molar-refractivity contribution in [2.75, 3.05) is 16.2 Å². The summed E-state index contributed by atoms with van der Waals surface area (Å²) in [5, 5.41) is 0. The molecule has 1 aromatic carbocycles. The first kappa shape index (κ1) is 16.6. The van der Waals surface area contributed by atoms with Gasteiger partial charge >= 0.3 is 6.18 Å². The molecule has 0 aliphatic carbocycles. The number of aryl methyl sites for hydroxylation is 2. The second-order valence-corrected chi connectivity index (χ2v) is 6.51. The fraction of sp³-hybridized carbons (Fsp3) is 0.500. The van der Waals surface area contributed by atoms with Gasteiger partial charge in [0.05, 0.1) is 11.4 Å². The van der Waals surface area contributed by atoms with E-state index < -0.39 is 34.8 Å². The first-order valence-corrected chi connectivity index (χ1v) is 7.59. The van der Waals surface area contributed by atoms with Crippen LogP contribution in [0.4, 0.5) is 24.5 Å².